The topological polar surface area (TPSA) is 52.7 Å². The van der Waals surface area contributed by atoms with Gasteiger partial charge >= 0.3 is 0 Å². The first-order valence-corrected chi connectivity index (χ1v) is 9.01. The van der Waals surface area contributed by atoms with E-state index < -0.39 is 10.2 Å². The van der Waals surface area contributed by atoms with Crippen molar-refractivity contribution >= 4 is 22.0 Å². The minimum Gasteiger partial charge on any atom is -0.314 e. The van der Waals surface area contributed by atoms with Crippen LogP contribution in [0, 0.1) is 0 Å². The smallest absolute Gasteiger partial charge is 0.281 e. The second-order valence-electron chi connectivity index (χ2n) is 4.61. The number of thioether (sulfide) groups is 1. The van der Waals surface area contributed by atoms with Crippen LogP contribution >= 0.6 is 11.8 Å². The molecule has 0 saturated heterocycles. The summed E-state index contributed by atoms with van der Waals surface area (Å²) in [6.45, 7) is 6.10. The molecule has 0 atom stereocenters. The van der Waals surface area contributed by atoms with Crippen molar-refractivity contribution < 1.29 is 8.42 Å². The van der Waals surface area contributed by atoms with Crippen molar-refractivity contribution in [3.63, 3.8) is 0 Å². The molecule has 0 spiro atoms. The Labute approximate surface area is 116 Å². The molecule has 0 unspecified atom stereocenters. The lowest BCUT2D eigenvalue weighted by atomic mass is 10.3. The van der Waals surface area contributed by atoms with Gasteiger partial charge < -0.3 is 5.32 Å². The highest BCUT2D eigenvalue weighted by atomic mass is 32.2. The predicted molar refractivity (Wildman–Crippen MR) is 80.3 cm³/mol. The van der Waals surface area contributed by atoms with Crippen molar-refractivity contribution in [1.29, 1.82) is 0 Å². The maximum Gasteiger partial charge on any atom is 0.281 e. The molecule has 0 aliphatic rings. The first kappa shape index (κ1) is 18.2. The van der Waals surface area contributed by atoms with E-state index in [1.54, 1.807) is 25.9 Å². The first-order chi connectivity index (χ1) is 8.32. The van der Waals surface area contributed by atoms with Crippen LogP contribution in [0.1, 0.15) is 20.3 Å². The summed E-state index contributed by atoms with van der Waals surface area (Å²) in [5.41, 5.74) is 0. The van der Waals surface area contributed by atoms with Crippen LogP contribution in [0.5, 0.6) is 0 Å². The van der Waals surface area contributed by atoms with E-state index in [2.05, 4.69) is 19.2 Å². The molecule has 0 radical (unpaired) electrons. The molecular formula is C11H27N3O2S2. The molecule has 0 aromatic carbocycles. The SMILES string of the molecule is CSCCN(C)S(=O)(=O)N(C)CCCNC(C)C. The third-order valence-corrected chi connectivity index (χ3v) is 5.13. The zero-order valence-electron chi connectivity index (χ0n) is 12.1. The molecule has 110 valence electrons. The van der Waals surface area contributed by atoms with Gasteiger partial charge in [0.1, 0.15) is 0 Å². The Hall–Kier alpha value is 0.180. The van der Waals surface area contributed by atoms with Crippen LogP contribution in [-0.4, -0.2) is 68.8 Å². The third kappa shape index (κ3) is 6.94. The number of hydrogen-bond acceptors (Lipinski definition) is 4. The highest BCUT2D eigenvalue weighted by molar-refractivity contribution is 7.98. The summed E-state index contributed by atoms with van der Waals surface area (Å²) in [7, 11) is -0.0138. The number of hydrogen-bond donors (Lipinski definition) is 1. The van der Waals surface area contributed by atoms with E-state index >= 15 is 0 Å². The van der Waals surface area contributed by atoms with Gasteiger partial charge in [0.15, 0.2) is 0 Å². The van der Waals surface area contributed by atoms with Gasteiger partial charge in [-0.15, -0.1) is 0 Å². The normalized spacial score (nSPS) is 12.9. The van der Waals surface area contributed by atoms with Crippen LogP contribution in [-0.2, 0) is 10.2 Å². The summed E-state index contributed by atoms with van der Waals surface area (Å²) >= 11 is 1.65. The number of nitrogens with zero attached hydrogens (tertiary/aromatic N) is 2. The molecule has 0 rings (SSSR count). The Bertz CT molecular complexity index is 307. The first-order valence-electron chi connectivity index (χ1n) is 6.22. The van der Waals surface area contributed by atoms with Crippen LogP contribution in [0.15, 0.2) is 0 Å². The lowest BCUT2D eigenvalue weighted by Gasteiger charge is -2.24. The van der Waals surface area contributed by atoms with Gasteiger partial charge in [-0.3, -0.25) is 0 Å². The van der Waals surface area contributed by atoms with Crippen molar-refractivity contribution in [3.8, 4) is 0 Å². The largest absolute Gasteiger partial charge is 0.314 e. The highest BCUT2D eigenvalue weighted by Crippen LogP contribution is 2.05. The van der Waals surface area contributed by atoms with E-state index in [4.69, 9.17) is 0 Å². The van der Waals surface area contributed by atoms with E-state index in [0.717, 1.165) is 18.7 Å². The predicted octanol–water partition coefficient (Wildman–Crippen LogP) is 0.846. The molecule has 0 heterocycles. The van der Waals surface area contributed by atoms with Gasteiger partial charge in [-0.05, 0) is 19.2 Å². The summed E-state index contributed by atoms with van der Waals surface area (Å²) in [6, 6.07) is 0.441. The van der Waals surface area contributed by atoms with Gasteiger partial charge in [-0.2, -0.15) is 28.8 Å². The molecule has 0 aliphatic carbocycles. The Kier molecular flexibility index (Phi) is 9.23. The molecule has 5 nitrogen and oxygen atoms in total. The maximum absolute atomic E-state index is 12.1. The van der Waals surface area contributed by atoms with Gasteiger partial charge in [-0.1, -0.05) is 13.8 Å². The fourth-order valence-electron chi connectivity index (χ4n) is 1.38. The van der Waals surface area contributed by atoms with Gasteiger partial charge in [0.05, 0.1) is 0 Å². The Morgan fingerprint density at radius 1 is 1.17 bits per heavy atom. The van der Waals surface area contributed by atoms with Crippen molar-refractivity contribution in [2.75, 3.05) is 45.7 Å². The van der Waals surface area contributed by atoms with Crippen molar-refractivity contribution in [1.82, 2.24) is 13.9 Å². The monoisotopic (exact) mass is 297 g/mol. The van der Waals surface area contributed by atoms with Crippen LogP contribution in [0.25, 0.3) is 0 Å². The van der Waals surface area contributed by atoms with E-state index in [0.29, 0.717) is 19.1 Å². The van der Waals surface area contributed by atoms with E-state index in [-0.39, 0.29) is 0 Å². The van der Waals surface area contributed by atoms with E-state index in [1.807, 2.05) is 6.26 Å². The van der Waals surface area contributed by atoms with Crippen LogP contribution in [0.2, 0.25) is 0 Å². The molecule has 0 saturated carbocycles. The zero-order valence-corrected chi connectivity index (χ0v) is 13.8. The molecular weight excluding hydrogens is 270 g/mol. The average molecular weight is 297 g/mol. The minimum absolute atomic E-state index is 0.441. The highest BCUT2D eigenvalue weighted by Gasteiger charge is 2.22. The Balaban J connectivity index is 4.09. The maximum atomic E-state index is 12.1. The summed E-state index contributed by atoms with van der Waals surface area (Å²) < 4.78 is 27.0. The van der Waals surface area contributed by atoms with Gasteiger partial charge in [0.25, 0.3) is 10.2 Å². The summed E-state index contributed by atoms with van der Waals surface area (Å²) in [4.78, 5) is 0. The molecule has 7 heteroatoms. The van der Waals surface area contributed by atoms with Gasteiger partial charge in [0, 0.05) is 39.0 Å². The molecule has 0 bridgehead atoms. The average Bonchev–Trinajstić information content (AvgIpc) is 2.30. The van der Waals surface area contributed by atoms with Crippen molar-refractivity contribution in [2.45, 2.75) is 26.3 Å². The molecule has 18 heavy (non-hydrogen) atoms. The lowest BCUT2D eigenvalue weighted by molar-refractivity contribution is 0.393. The van der Waals surface area contributed by atoms with Crippen LogP contribution in [0.4, 0.5) is 0 Å². The molecule has 0 fully saturated rings. The minimum atomic E-state index is -3.29. The van der Waals surface area contributed by atoms with Gasteiger partial charge in [-0.25, -0.2) is 0 Å². The van der Waals surface area contributed by atoms with Crippen LogP contribution in [0.3, 0.4) is 0 Å². The third-order valence-electron chi connectivity index (χ3n) is 2.60. The number of nitrogens with one attached hydrogen (secondary N) is 1. The van der Waals surface area contributed by atoms with Crippen molar-refractivity contribution in [2.24, 2.45) is 0 Å². The molecule has 0 aliphatic heterocycles. The second-order valence-corrected chi connectivity index (χ2v) is 7.73. The molecule has 0 aromatic rings. The molecule has 1 N–H and O–H groups in total. The quantitative estimate of drug-likeness (QED) is 0.607. The fraction of sp³-hybridized carbons (Fsp3) is 1.00. The fourth-order valence-corrected chi connectivity index (χ4v) is 3.11. The zero-order chi connectivity index (χ0) is 14.2. The molecule has 0 amide bonds. The van der Waals surface area contributed by atoms with Crippen LogP contribution < -0.4 is 5.32 Å². The summed E-state index contributed by atoms with van der Waals surface area (Å²) in [5.74, 6) is 0.818. The Morgan fingerprint density at radius 2 is 1.72 bits per heavy atom. The van der Waals surface area contributed by atoms with Crippen molar-refractivity contribution in [3.05, 3.63) is 0 Å². The van der Waals surface area contributed by atoms with E-state index in [1.165, 1.54) is 8.61 Å². The number of rotatable bonds is 10. The molecule has 0 aromatic heterocycles. The van der Waals surface area contributed by atoms with Gasteiger partial charge in [0.2, 0.25) is 0 Å². The van der Waals surface area contributed by atoms with E-state index in [9.17, 15) is 8.42 Å². The summed E-state index contributed by atoms with van der Waals surface area (Å²) in [5, 5.41) is 3.28. The summed E-state index contributed by atoms with van der Waals surface area (Å²) in [6.07, 6.45) is 2.80. The Morgan fingerprint density at radius 3 is 2.22 bits per heavy atom. The second kappa shape index (κ2) is 9.14. The standard InChI is InChI=1S/C11H27N3O2S2/c1-11(2)12-7-6-8-13(3)18(15,16)14(4)9-10-17-5/h11-12H,6-10H2,1-5H3. The lowest BCUT2D eigenvalue weighted by Crippen LogP contribution is -2.41.